The maximum absolute atomic E-state index is 12.7. The van der Waals surface area contributed by atoms with Crippen molar-refractivity contribution in [2.75, 3.05) is 18.5 Å². The summed E-state index contributed by atoms with van der Waals surface area (Å²) in [7, 11) is 0. The number of pyridine rings is 1. The number of hydrogen-bond acceptors (Lipinski definition) is 4. The summed E-state index contributed by atoms with van der Waals surface area (Å²) in [5, 5.41) is 6.97. The molecule has 1 fully saturated rings. The quantitative estimate of drug-likeness (QED) is 0.796. The van der Waals surface area contributed by atoms with Crippen LogP contribution in [0.3, 0.4) is 0 Å². The number of carbonyl (C=O) groups excluding carboxylic acids is 1. The van der Waals surface area contributed by atoms with Crippen molar-refractivity contribution < 1.29 is 9.53 Å². The number of fused-ring (bicyclic) bond motifs is 1. The topological polar surface area (TPSA) is 63.2 Å². The van der Waals surface area contributed by atoms with Crippen molar-refractivity contribution in [1.82, 2.24) is 10.3 Å². The Kier molecular flexibility index (Phi) is 5.14. The van der Waals surface area contributed by atoms with Gasteiger partial charge in [0.15, 0.2) is 0 Å². The first-order valence-electron chi connectivity index (χ1n) is 9.25. The van der Waals surface area contributed by atoms with Gasteiger partial charge in [-0.25, -0.2) is 4.98 Å². The Morgan fingerprint density at radius 2 is 2.30 bits per heavy atom. The Labute approximate surface area is 163 Å². The number of halogens is 1. The number of hydrogen-bond donors (Lipinski definition) is 2. The number of nitrogens with zero attached hydrogens (tertiary/aromatic N) is 1. The zero-order chi connectivity index (χ0) is 18.8. The number of amides is 1. The largest absolute Gasteiger partial charge is 0.376 e. The fraction of sp³-hybridized carbons (Fsp3) is 0.333. The first-order valence-corrected chi connectivity index (χ1v) is 9.63. The Bertz CT molecular complexity index is 891. The molecule has 1 unspecified atom stereocenters. The predicted molar refractivity (Wildman–Crippen MR) is 108 cm³/mol. The summed E-state index contributed by atoms with van der Waals surface area (Å²) >= 11 is 6.07. The Balaban J connectivity index is 1.57. The molecule has 27 heavy (non-hydrogen) atoms. The van der Waals surface area contributed by atoms with Gasteiger partial charge in [0.25, 0.3) is 5.91 Å². The molecule has 2 atom stereocenters. The first-order chi connectivity index (χ1) is 13.1. The first kappa shape index (κ1) is 18.0. The molecule has 6 heteroatoms. The molecule has 1 amide bonds. The molecule has 2 aliphatic rings. The zero-order valence-electron chi connectivity index (χ0n) is 15.2. The van der Waals surface area contributed by atoms with E-state index in [9.17, 15) is 4.79 Å². The highest BCUT2D eigenvalue weighted by molar-refractivity contribution is 6.30. The molecule has 2 N–H and O–H groups in total. The third kappa shape index (κ3) is 3.84. The normalized spacial score (nSPS) is 20.5. The Morgan fingerprint density at radius 1 is 1.41 bits per heavy atom. The molecule has 2 heterocycles. The van der Waals surface area contributed by atoms with Gasteiger partial charge in [-0.2, -0.15) is 0 Å². The summed E-state index contributed by atoms with van der Waals surface area (Å²) in [6.45, 7) is 3.41. The lowest BCUT2D eigenvalue weighted by Gasteiger charge is -2.17. The lowest BCUT2D eigenvalue weighted by Crippen LogP contribution is -2.32. The summed E-state index contributed by atoms with van der Waals surface area (Å²) in [5.74, 6) is 0.786. The molecule has 2 aromatic rings. The van der Waals surface area contributed by atoms with Crippen LogP contribution in [0.15, 0.2) is 36.5 Å². The van der Waals surface area contributed by atoms with Gasteiger partial charge >= 0.3 is 0 Å². The number of allylic oxidation sites excluding steroid dienone is 1. The summed E-state index contributed by atoms with van der Waals surface area (Å²) in [6, 6.07) is 7.49. The van der Waals surface area contributed by atoms with Crippen molar-refractivity contribution in [2.45, 2.75) is 31.8 Å². The van der Waals surface area contributed by atoms with E-state index in [1.54, 1.807) is 6.20 Å². The number of nitrogens with one attached hydrogen (secondary N) is 2. The highest BCUT2D eigenvalue weighted by atomic mass is 35.5. The minimum absolute atomic E-state index is 0.0981. The van der Waals surface area contributed by atoms with Crippen LogP contribution in [0.25, 0.3) is 6.08 Å². The number of anilines is 2. The summed E-state index contributed by atoms with van der Waals surface area (Å²) in [6.07, 6.45) is 7.94. The van der Waals surface area contributed by atoms with E-state index in [4.69, 9.17) is 16.3 Å². The predicted octanol–water partition coefficient (Wildman–Crippen LogP) is 4.52. The number of benzene rings is 1. The molecule has 0 radical (unpaired) electrons. The average molecular weight is 384 g/mol. The minimum Gasteiger partial charge on any atom is -0.376 e. The van der Waals surface area contributed by atoms with Crippen LogP contribution < -0.4 is 10.6 Å². The molecule has 0 bridgehead atoms. The Morgan fingerprint density at radius 3 is 3.07 bits per heavy atom. The van der Waals surface area contributed by atoms with E-state index in [1.807, 2.05) is 30.3 Å². The van der Waals surface area contributed by atoms with Crippen molar-refractivity contribution in [3.63, 3.8) is 0 Å². The van der Waals surface area contributed by atoms with E-state index < -0.39 is 0 Å². The van der Waals surface area contributed by atoms with Crippen molar-refractivity contribution in [1.29, 1.82) is 0 Å². The third-order valence-electron chi connectivity index (χ3n) is 5.01. The molecule has 0 spiro atoms. The van der Waals surface area contributed by atoms with Crippen LogP contribution in [0, 0.1) is 0 Å². The molecular weight excluding hydrogens is 362 g/mol. The van der Waals surface area contributed by atoms with E-state index in [0.29, 0.717) is 17.1 Å². The van der Waals surface area contributed by atoms with Crippen LogP contribution in [-0.4, -0.2) is 30.1 Å². The second-order valence-electron chi connectivity index (χ2n) is 6.98. The van der Waals surface area contributed by atoms with Gasteiger partial charge in [0.2, 0.25) is 0 Å². The van der Waals surface area contributed by atoms with Crippen LogP contribution in [0.4, 0.5) is 11.5 Å². The number of rotatable bonds is 5. The fourth-order valence-electron chi connectivity index (χ4n) is 3.63. The highest BCUT2D eigenvalue weighted by Gasteiger charge is 2.25. The van der Waals surface area contributed by atoms with Crippen LogP contribution in [0.5, 0.6) is 0 Å². The van der Waals surface area contributed by atoms with Gasteiger partial charge in [0.05, 0.1) is 11.7 Å². The minimum atomic E-state index is -0.0981. The molecule has 1 aromatic carbocycles. The summed E-state index contributed by atoms with van der Waals surface area (Å²) < 4.78 is 5.58. The zero-order valence-corrected chi connectivity index (χ0v) is 15.9. The van der Waals surface area contributed by atoms with Crippen LogP contribution in [0.1, 0.15) is 47.2 Å². The number of aromatic nitrogens is 1. The molecule has 1 aliphatic heterocycles. The molecule has 5 nitrogen and oxygen atoms in total. The molecule has 1 aromatic heterocycles. The van der Waals surface area contributed by atoms with E-state index in [-0.39, 0.29) is 17.9 Å². The van der Waals surface area contributed by atoms with Crippen LogP contribution in [0.2, 0.25) is 5.02 Å². The van der Waals surface area contributed by atoms with Crippen LogP contribution in [-0.2, 0) is 4.74 Å². The summed E-state index contributed by atoms with van der Waals surface area (Å²) in [4.78, 5) is 17.3. The SMILES string of the molecule is CC1C=Cc2c(Nc3cccc(Cl)c3)ncc(C(=O)NC[C@H]3CCCO3)c21. The van der Waals surface area contributed by atoms with Crippen molar-refractivity contribution in [2.24, 2.45) is 0 Å². The smallest absolute Gasteiger partial charge is 0.253 e. The van der Waals surface area contributed by atoms with Gasteiger partial charge < -0.3 is 15.4 Å². The summed E-state index contributed by atoms with van der Waals surface area (Å²) in [5.41, 5.74) is 3.43. The van der Waals surface area contributed by atoms with Crippen LogP contribution >= 0.6 is 11.6 Å². The van der Waals surface area contributed by atoms with E-state index in [1.165, 1.54) is 0 Å². The lowest BCUT2D eigenvalue weighted by atomic mass is 9.97. The second kappa shape index (κ2) is 7.71. The van der Waals surface area contributed by atoms with Crippen molar-refractivity contribution in [3.8, 4) is 0 Å². The molecule has 140 valence electrons. The maximum atomic E-state index is 12.7. The monoisotopic (exact) mass is 383 g/mol. The van der Waals surface area contributed by atoms with E-state index in [0.717, 1.165) is 42.1 Å². The lowest BCUT2D eigenvalue weighted by molar-refractivity contribution is 0.0856. The van der Waals surface area contributed by atoms with Crippen molar-refractivity contribution in [3.05, 3.63) is 58.3 Å². The molecule has 1 saturated heterocycles. The van der Waals surface area contributed by atoms with Crippen molar-refractivity contribution >= 4 is 35.1 Å². The Hall–Kier alpha value is -2.37. The van der Waals surface area contributed by atoms with E-state index >= 15 is 0 Å². The highest BCUT2D eigenvalue weighted by Crippen LogP contribution is 2.37. The maximum Gasteiger partial charge on any atom is 0.253 e. The van der Waals surface area contributed by atoms with Gasteiger partial charge in [-0.05, 0) is 36.6 Å². The van der Waals surface area contributed by atoms with E-state index in [2.05, 4.69) is 28.6 Å². The third-order valence-corrected chi connectivity index (χ3v) is 5.25. The van der Waals surface area contributed by atoms with Gasteiger partial charge in [-0.1, -0.05) is 36.7 Å². The fourth-order valence-corrected chi connectivity index (χ4v) is 3.82. The van der Waals surface area contributed by atoms with Gasteiger partial charge in [0, 0.05) is 41.5 Å². The molecule has 4 rings (SSSR count). The molecule has 1 aliphatic carbocycles. The number of carbonyl (C=O) groups is 1. The second-order valence-corrected chi connectivity index (χ2v) is 7.41. The van der Waals surface area contributed by atoms with Gasteiger partial charge in [0.1, 0.15) is 5.82 Å². The number of ether oxygens (including phenoxy) is 1. The molecular formula is C21H22ClN3O2. The van der Waals surface area contributed by atoms with Gasteiger partial charge in [-0.3, -0.25) is 4.79 Å². The standard InChI is InChI=1S/C21H22ClN3O2/c1-13-7-8-17-19(13)18(21(26)24-11-16-6-3-9-27-16)12-23-20(17)25-15-5-2-4-14(22)10-15/h2,4-5,7-8,10,12-13,16H,3,6,9,11H2,1H3,(H,23,25)(H,24,26)/t13?,16-/m1/s1. The molecule has 0 saturated carbocycles. The van der Waals surface area contributed by atoms with Gasteiger partial charge in [-0.15, -0.1) is 0 Å². The average Bonchev–Trinajstić information content (AvgIpc) is 3.31.